The molecule has 0 spiro atoms. The minimum atomic E-state index is -0.196. The van der Waals surface area contributed by atoms with Crippen LogP contribution in [0.15, 0.2) is 0 Å². The first-order valence-corrected chi connectivity index (χ1v) is 9.44. The Morgan fingerprint density at radius 2 is 2.08 bits per heavy atom. The molecule has 3 aliphatic heterocycles. The molecular weight excluding hydrogens is 306 g/mol. The predicted molar refractivity (Wildman–Crippen MR) is 91.5 cm³/mol. The molecule has 136 valence electrons. The highest BCUT2D eigenvalue weighted by Gasteiger charge is 2.38. The second-order valence-electron chi connectivity index (χ2n) is 7.88. The molecule has 0 saturated carbocycles. The summed E-state index contributed by atoms with van der Waals surface area (Å²) in [6.07, 6.45) is 3.69. The summed E-state index contributed by atoms with van der Waals surface area (Å²) in [5.74, 6) is 0.404. The molecule has 0 bridgehead atoms. The SMILES string of the molecule is CC(C)CN1CC(C(=O)NC2CCOCC2N2CCCC2)CC1=O. The molecule has 3 fully saturated rings. The summed E-state index contributed by atoms with van der Waals surface area (Å²) in [6.45, 7) is 9.13. The lowest BCUT2D eigenvalue weighted by molar-refractivity contribution is -0.130. The Balaban J connectivity index is 1.56. The van der Waals surface area contributed by atoms with Crippen molar-refractivity contribution in [1.29, 1.82) is 0 Å². The lowest BCUT2D eigenvalue weighted by Gasteiger charge is -2.38. The molecule has 0 radical (unpaired) electrons. The van der Waals surface area contributed by atoms with Crippen molar-refractivity contribution in [1.82, 2.24) is 15.1 Å². The van der Waals surface area contributed by atoms with Crippen LogP contribution in [-0.2, 0) is 14.3 Å². The van der Waals surface area contributed by atoms with Crippen molar-refractivity contribution in [2.75, 3.05) is 39.4 Å². The van der Waals surface area contributed by atoms with Crippen LogP contribution in [0.2, 0.25) is 0 Å². The molecule has 0 aromatic rings. The number of carbonyl (C=O) groups excluding carboxylic acids is 2. The zero-order chi connectivity index (χ0) is 17.1. The molecule has 0 aromatic heterocycles. The standard InChI is InChI=1S/C18H31N3O3/c1-13(2)10-21-11-14(9-17(21)22)18(23)19-15-5-8-24-12-16(15)20-6-3-4-7-20/h13-16H,3-12H2,1-2H3,(H,19,23). The second-order valence-corrected chi connectivity index (χ2v) is 7.88. The van der Waals surface area contributed by atoms with E-state index in [1.807, 2.05) is 4.90 Å². The van der Waals surface area contributed by atoms with Gasteiger partial charge in [-0.25, -0.2) is 0 Å². The monoisotopic (exact) mass is 337 g/mol. The number of likely N-dealkylation sites (tertiary alicyclic amines) is 2. The average Bonchev–Trinajstić information content (AvgIpc) is 3.18. The minimum absolute atomic E-state index is 0.0469. The maximum absolute atomic E-state index is 12.7. The van der Waals surface area contributed by atoms with Crippen molar-refractivity contribution in [3.63, 3.8) is 0 Å². The van der Waals surface area contributed by atoms with E-state index in [9.17, 15) is 9.59 Å². The molecule has 3 aliphatic rings. The fraction of sp³-hybridized carbons (Fsp3) is 0.889. The topological polar surface area (TPSA) is 61.9 Å². The summed E-state index contributed by atoms with van der Waals surface area (Å²) in [6, 6.07) is 0.438. The number of hydrogen-bond donors (Lipinski definition) is 1. The van der Waals surface area contributed by atoms with Crippen LogP contribution in [0.1, 0.15) is 39.5 Å². The van der Waals surface area contributed by atoms with E-state index in [4.69, 9.17) is 4.74 Å². The highest BCUT2D eigenvalue weighted by atomic mass is 16.5. The third-order valence-electron chi connectivity index (χ3n) is 5.43. The molecule has 24 heavy (non-hydrogen) atoms. The average molecular weight is 337 g/mol. The van der Waals surface area contributed by atoms with Crippen LogP contribution in [0.3, 0.4) is 0 Å². The van der Waals surface area contributed by atoms with Crippen molar-refractivity contribution < 1.29 is 14.3 Å². The van der Waals surface area contributed by atoms with E-state index in [1.165, 1.54) is 12.8 Å². The Kier molecular flexibility index (Phi) is 5.76. The van der Waals surface area contributed by atoms with Gasteiger partial charge in [-0.2, -0.15) is 0 Å². The first-order chi connectivity index (χ1) is 11.5. The van der Waals surface area contributed by atoms with Gasteiger partial charge in [0.05, 0.1) is 18.6 Å². The number of carbonyl (C=O) groups is 2. The van der Waals surface area contributed by atoms with E-state index in [-0.39, 0.29) is 29.8 Å². The van der Waals surface area contributed by atoms with Crippen LogP contribution in [0.25, 0.3) is 0 Å². The quantitative estimate of drug-likeness (QED) is 0.808. The van der Waals surface area contributed by atoms with E-state index < -0.39 is 0 Å². The Hall–Kier alpha value is -1.14. The molecule has 3 saturated heterocycles. The minimum Gasteiger partial charge on any atom is -0.380 e. The highest BCUT2D eigenvalue weighted by molar-refractivity contribution is 5.89. The summed E-state index contributed by atoms with van der Waals surface area (Å²) in [4.78, 5) is 29.1. The van der Waals surface area contributed by atoms with Gasteiger partial charge in [-0.05, 0) is 38.3 Å². The lowest BCUT2D eigenvalue weighted by Crippen LogP contribution is -2.56. The molecule has 3 unspecified atom stereocenters. The molecular formula is C18H31N3O3. The largest absolute Gasteiger partial charge is 0.380 e. The molecule has 0 aliphatic carbocycles. The fourth-order valence-corrected chi connectivity index (χ4v) is 4.19. The Morgan fingerprint density at radius 1 is 1.33 bits per heavy atom. The van der Waals surface area contributed by atoms with Gasteiger partial charge in [0.25, 0.3) is 0 Å². The van der Waals surface area contributed by atoms with Crippen molar-refractivity contribution in [3.8, 4) is 0 Å². The molecule has 1 N–H and O–H groups in total. The van der Waals surface area contributed by atoms with Crippen LogP contribution in [0.4, 0.5) is 0 Å². The lowest BCUT2D eigenvalue weighted by atomic mass is 10.00. The van der Waals surface area contributed by atoms with Crippen LogP contribution in [0, 0.1) is 11.8 Å². The number of rotatable bonds is 5. The van der Waals surface area contributed by atoms with Crippen molar-refractivity contribution in [2.24, 2.45) is 11.8 Å². The molecule has 6 heteroatoms. The van der Waals surface area contributed by atoms with Gasteiger partial charge in [-0.3, -0.25) is 14.5 Å². The van der Waals surface area contributed by atoms with Crippen LogP contribution < -0.4 is 5.32 Å². The number of nitrogens with zero attached hydrogens (tertiary/aromatic N) is 2. The van der Waals surface area contributed by atoms with Crippen LogP contribution in [0.5, 0.6) is 0 Å². The summed E-state index contributed by atoms with van der Waals surface area (Å²) in [5, 5.41) is 3.24. The van der Waals surface area contributed by atoms with Gasteiger partial charge >= 0.3 is 0 Å². The maximum atomic E-state index is 12.7. The normalized spacial score (nSPS) is 31.9. The van der Waals surface area contributed by atoms with Gasteiger partial charge < -0.3 is 15.0 Å². The van der Waals surface area contributed by atoms with Crippen molar-refractivity contribution in [3.05, 3.63) is 0 Å². The Labute approximate surface area is 144 Å². The van der Waals surface area contributed by atoms with Crippen molar-refractivity contribution in [2.45, 2.75) is 51.6 Å². The number of nitrogens with one attached hydrogen (secondary N) is 1. The van der Waals surface area contributed by atoms with E-state index in [0.29, 0.717) is 32.1 Å². The second kappa shape index (κ2) is 7.83. The molecule has 3 rings (SSSR count). The van der Waals surface area contributed by atoms with E-state index >= 15 is 0 Å². The van der Waals surface area contributed by atoms with Gasteiger partial charge in [0, 0.05) is 32.2 Å². The smallest absolute Gasteiger partial charge is 0.225 e. The predicted octanol–water partition coefficient (Wildman–Crippen LogP) is 0.860. The van der Waals surface area contributed by atoms with Gasteiger partial charge in [-0.15, -0.1) is 0 Å². The zero-order valence-electron chi connectivity index (χ0n) is 15.0. The van der Waals surface area contributed by atoms with E-state index in [0.717, 1.165) is 26.1 Å². The first-order valence-electron chi connectivity index (χ1n) is 9.44. The third-order valence-corrected chi connectivity index (χ3v) is 5.43. The molecule has 6 nitrogen and oxygen atoms in total. The van der Waals surface area contributed by atoms with Crippen LogP contribution >= 0.6 is 0 Å². The Bertz CT molecular complexity index is 462. The molecule has 2 amide bonds. The van der Waals surface area contributed by atoms with Gasteiger partial charge in [-0.1, -0.05) is 13.8 Å². The molecule has 3 heterocycles. The Morgan fingerprint density at radius 3 is 2.79 bits per heavy atom. The van der Waals surface area contributed by atoms with Gasteiger partial charge in [0.1, 0.15) is 0 Å². The maximum Gasteiger partial charge on any atom is 0.225 e. The summed E-state index contributed by atoms with van der Waals surface area (Å²) < 4.78 is 5.65. The molecule has 0 aromatic carbocycles. The van der Waals surface area contributed by atoms with Crippen LogP contribution in [-0.4, -0.2) is 73.1 Å². The first kappa shape index (κ1) is 17.7. The molecule has 3 atom stereocenters. The van der Waals surface area contributed by atoms with Gasteiger partial charge in [0.2, 0.25) is 11.8 Å². The summed E-state index contributed by atoms with van der Waals surface area (Å²) >= 11 is 0. The van der Waals surface area contributed by atoms with Crippen molar-refractivity contribution >= 4 is 11.8 Å². The summed E-state index contributed by atoms with van der Waals surface area (Å²) in [7, 11) is 0. The van der Waals surface area contributed by atoms with Gasteiger partial charge in [0.15, 0.2) is 0 Å². The third kappa shape index (κ3) is 4.09. The number of hydrogen-bond acceptors (Lipinski definition) is 4. The summed E-state index contributed by atoms with van der Waals surface area (Å²) in [5.41, 5.74) is 0. The van der Waals surface area contributed by atoms with E-state index in [2.05, 4.69) is 24.1 Å². The van der Waals surface area contributed by atoms with E-state index in [1.54, 1.807) is 0 Å². The fourth-order valence-electron chi connectivity index (χ4n) is 4.19. The number of ether oxygens (including phenoxy) is 1. The highest BCUT2D eigenvalue weighted by Crippen LogP contribution is 2.22. The number of amides is 2. The zero-order valence-corrected chi connectivity index (χ0v) is 15.0.